The van der Waals surface area contributed by atoms with Crippen LogP contribution in [0.2, 0.25) is 0 Å². The fourth-order valence-corrected chi connectivity index (χ4v) is 3.41. The molecule has 0 saturated carbocycles. The average Bonchev–Trinajstić information content (AvgIpc) is 2.69. The van der Waals surface area contributed by atoms with Crippen LogP contribution in [-0.4, -0.2) is 24.7 Å². The second-order valence-corrected chi connectivity index (χ2v) is 6.66. The van der Waals surface area contributed by atoms with Crippen molar-refractivity contribution in [3.63, 3.8) is 0 Å². The third-order valence-corrected chi connectivity index (χ3v) is 4.79. The number of hydrogen-bond acceptors (Lipinski definition) is 3. The number of ether oxygens (including phenoxy) is 2. The first-order valence-electron chi connectivity index (χ1n) is 9.43. The summed E-state index contributed by atoms with van der Waals surface area (Å²) in [7, 11) is 0. The molecule has 1 aliphatic heterocycles. The fourth-order valence-electron chi connectivity index (χ4n) is 3.41. The van der Waals surface area contributed by atoms with Crippen LogP contribution < -0.4 is 10.1 Å². The van der Waals surface area contributed by atoms with Gasteiger partial charge in [-0.25, -0.2) is 0 Å². The van der Waals surface area contributed by atoms with Crippen LogP contribution in [-0.2, 0) is 4.74 Å². The largest absolute Gasteiger partial charge is 0.494 e. The van der Waals surface area contributed by atoms with Gasteiger partial charge in [-0.1, -0.05) is 37.3 Å². The summed E-state index contributed by atoms with van der Waals surface area (Å²) in [4.78, 5) is 12.5. The third kappa shape index (κ3) is 4.64. The zero-order chi connectivity index (χ0) is 18.4. The minimum absolute atomic E-state index is 0.00884. The van der Waals surface area contributed by atoms with Gasteiger partial charge in [0.1, 0.15) is 5.75 Å². The van der Waals surface area contributed by atoms with E-state index in [-0.39, 0.29) is 24.2 Å². The van der Waals surface area contributed by atoms with E-state index in [1.165, 1.54) is 0 Å². The average molecular weight is 353 g/mol. The molecule has 0 aromatic heterocycles. The molecule has 1 N–H and O–H groups in total. The van der Waals surface area contributed by atoms with Crippen LogP contribution in [0.5, 0.6) is 5.75 Å². The monoisotopic (exact) mass is 353 g/mol. The van der Waals surface area contributed by atoms with Crippen molar-refractivity contribution in [3.05, 3.63) is 65.7 Å². The van der Waals surface area contributed by atoms with Crippen molar-refractivity contribution in [2.75, 3.05) is 6.61 Å². The van der Waals surface area contributed by atoms with Crippen LogP contribution in [0.4, 0.5) is 0 Å². The molecule has 138 valence electrons. The summed E-state index contributed by atoms with van der Waals surface area (Å²) in [6, 6.07) is 17.6. The summed E-state index contributed by atoms with van der Waals surface area (Å²) >= 11 is 0. The van der Waals surface area contributed by atoms with E-state index in [4.69, 9.17) is 9.47 Å². The molecule has 0 bridgehead atoms. The van der Waals surface area contributed by atoms with Gasteiger partial charge in [-0.3, -0.25) is 4.79 Å². The molecule has 1 saturated heterocycles. The van der Waals surface area contributed by atoms with Gasteiger partial charge in [0.25, 0.3) is 5.91 Å². The number of nitrogens with one attached hydrogen (secondary N) is 1. The number of rotatable bonds is 6. The van der Waals surface area contributed by atoms with Crippen molar-refractivity contribution in [1.29, 1.82) is 0 Å². The van der Waals surface area contributed by atoms with E-state index in [0.717, 1.165) is 30.6 Å². The van der Waals surface area contributed by atoms with E-state index in [0.29, 0.717) is 12.2 Å². The van der Waals surface area contributed by atoms with Gasteiger partial charge < -0.3 is 14.8 Å². The molecule has 26 heavy (non-hydrogen) atoms. The van der Waals surface area contributed by atoms with Gasteiger partial charge in [-0.15, -0.1) is 0 Å². The number of hydrogen-bond donors (Lipinski definition) is 1. The molecule has 4 nitrogen and oxygen atoms in total. The first kappa shape index (κ1) is 18.5. The lowest BCUT2D eigenvalue weighted by Crippen LogP contribution is -2.42. The van der Waals surface area contributed by atoms with Crippen LogP contribution in [0.3, 0.4) is 0 Å². The molecule has 1 amide bonds. The molecule has 0 aliphatic carbocycles. The lowest BCUT2D eigenvalue weighted by molar-refractivity contribution is -0.0632. The fraction of sp³-hybridized carbons (Fsp3) is 0.409. The molecular formula is C22H27NO3. The van der Waals surface area contributed by atoms with Crippen LogP contribution in [0.25, 0.3) is 0 Å². The van der Waals surface area contributed by atoms with Crippen molar-refractivity contribution >= 4 is 5.91 Å². The van der Waals surface area contributed by atoms with Crippen molar-refractivity contribution < 1.29 is 14.3 Å². The van der Waals surface area contributed by atoms with Gasteiger partial charge in [-0.05, 0) is 56.0 Å². The SMILES string of the molecule is CCOc1ccc([C@@H]2C[C@H](NC(=O)c3ccccc3)C[C@H](CC)O2)cc1. The summed E-state index contributed by atoms with van der Waals surface area (Å²) in [5.41, 5.74) is 1.83. The predicted molar refractivity (Wildman–Crippen MR) is 102 cm³/mol. The molecule has 1 fully saturated rings. The summed E-state index contributed by atoms with van der Waals surface area (Å²) in [6.07, 6.45) is 2.71. The van der Waals surface area contributed by atoms with E-state index in [2.05, 4.69) is 24.4 Å². The highest BCUT2D eigenvalue weighted by atomic mass is 16.5. The van der Waals surface area contributed by atoms with E-state index in [1.807, 2.05) is 49.4 Å². The smallest absolute Gasteiger partial charge is 0.251 e. The van der Waals surface area contributed by atoms with Gasteiger partial charge >= 0.3 is 0 Å². The normalized spacial score (nSPS) is 22.6. The molecule has 1 aliphatic rings. The quantitative estimate of drug-likeness (QED) is 0.831. The maximum atomic E-state index is 12.5. The van der Waals surface area contributed by atoms with Crippen molar-refractivity contribution in [1.82, 2.24) is 5.32 Å². The Kier molecular flexibility index (Phi) is 6.29. The first-order valence-corrected chi connectivity index (χ1v) is 9.43. The molecule has 0 radical (unpaired) electrons. The highest BCUT2D eigenvalue weighted by molar-refractivity contribution is 5.94. The summed E-state index contributed by atoms with van der Waals surface area (Å²) < 4.78 is 11.8. The molecule has 1 heterocycles. The Bertz CT molecular complexity index is 699. The predicted octanol–water partition coefficient (Wildman–Crippen LogP) is 4.51. The van der Waals surface area contributed by atoms with Crippen LogP contribution >= 0.6 is 0 Å². The van der Waals surface area contributed by atoms with Crippen LogP contribution in [0, 0.1) is 0 Å². The van der Waals surface area contributed by atoms with Gasteiger partial charge in [0, 0.05) is 11.6 Å². The van der Waals surface area contributed by atoms with Gasteiger partial charge in [0.05, 0.1) is 18.8 Å². The summed E-state index contributed by atoms with van der Waals surface area (Å²) in [5.74, 6) is 0.853. The highest BCUT2D eigenvalue weighted by Gasteiger charge is 2.30. The van der Waals surface area contributed by atoms with Crippen molar-refractivity contribution in [2.24, 2.45) is 0 Å². The Hall–Kier alpha value is -2.33. The highest BCUT2D eigenvalue weighted by Crippen LogP contribution is 2.33. The Morgan fingerprint density at radius 1 is 1.08 bits per heavy atom. The van der Waals surface area contributed by atoms with Crippen molar-refractivity contribution in [2.45, 2.75) is 51.4 Å². The summed E-state index contributed by atoms with van der Waals surface area (Å²) in [5, 5.41) is 3.19. The van der Waals surface area contributed by atoms with Gasteiger partial charge in [0.2, 0.25) is 0 Å². The second-order valence-electron chi connectivity index (χ2n) is 6.66. The van der Waals surface area contributed by atoms with E-state index < -0.39 is 0 Å². The zero-order valence-electron chi connectivity index (χ0n) is 15.5. The minimum Gasteiger partial charge on any atom is -0.494 e. The second kappa shape index (κ2) is 8.86. The molecule has 4 heteroatoms. The maximum absolute atomic E-state index is 12.5. The molecule has 0 unspecified atom stereocenters. The number of amides is 1. The molecule has 3 atom stereocenters. The Morgan fingerprint density at radius 3 is 2.46 bits per heavy atom. The summed E-state index contributed by atoms with van der Waals surface area (Å²) in [6.45, 7) is 4.76. The van der Waals surface area contributed by atoms with Gasteiger partial charge in [0.15, 0.2) is 0 Å². The molecule has 0 spiro atoms. The molecule has 3 rings (SSSR count). The van der Waals surface area contributed by atoms with Crippen molar-refractivity contribution in [3.8, 4) is 5.75 Å². The molecular weight excluding hydrogens is 326 g/mol. The van der Waals surface area contributed by atoms with Gasteiger partial charge in [-0.2, -0.15) is 0 Å². The Labute approximate surface area is 155 Å². The number of benzene rings is 2. The molecule has 2 aromatic carbocycles. The lowest BCUT2D eigenvalue weighted by atomic mass is 9.93. The first-order chi connectivity index (χ1) is 12.7. The van der Waals surface area contributed by atoms with E-state index >= 15 is 0 Å². The Morgan fingerprint density at radius 2 is 1.81 bits per heavy atom. The third-order valence-electron chi connectivity index (χ3n) is 4.79. The lowest BCUT2D eigenvalue weighted by Gasteiger charge is -2.36. The number of carbonyl (C=O) groups is 1. The van der Waals surface area contributed by atoms with E-state index in [9.17, 15) is 4.79 Å². The van der Waals surface area contributed by atoms with Crippen LogP contribution in [0.1, 0.15) is 55.1 Å². The topological polar surface area (TPSA) is 47.6 Å². The zero-order valence-corrected chi connectivity index (χ0v) is 15.5. The Balaban J connectivity index is 1.68. The standard InChI is InChI=1S/C22H27NO3/c1-3-19-14-18(23-22(24)17-8-6-5-7-9-17)15-21(26-19)16-10-12-20(13-11-16)25-4-2/h5-13,18-19,21H,3-4,14-15H2,1-2H3,(H,23,24)/t18-,19+,21+/m1/s1. The minimum atomic E-state index is -0.0159. The molecule has 2 aromatic rings. The maximum Gasteiger partial charge on any atom is 0.251 e. The number of carbonyl (C=O) groups excluding carboxylic acids is 1. The van der Waals surface area contributed by atoms with E-state index in [1.54, 1.807) is 0 Å². The van der Waals surface area contributed by atoms with Crippen LogP contribution in [0.15, 0.2) is 54.6 Å².